The molecule has 1 N–H and O–H groups in total. The quantitative estimate of drug-likeness (QED) is 0.448. The van der Waals surface area contributed by atoms with Crippen molar-refractivity contribution >= 4 is 5.84 Å². The van der Waals surface area contributed by atoms with Crippen molar-refractivity contribution in [1.29, 1.82) is 5.41 Å². The van der Waals surface area contributed by atoms with E-state index in [1.54, 1.807) is 0 Å². The number of piperidine rings is 1. The van der Waals surface area contributed by atoms with E-state index in [2.05, 4.69) is 0 Å². The van der Waals surface area contributed by atoms with E-state index in [9.17, 15) is 13.2 Å². The Labute approximate surface area is 68.9 Å². The largest absolute Gasteiger partial charge is 0.448 e. The fraction of sp³-hybridized carbons (Fsp3) is 0.857. The molecule has 70 valence electrons. The van der Waals surface area contributed by atoms with Gasteiger partial charge in [-0.3, -0.25) is 5.41 Å². The van der Waals surface area contributed by atoms with Gasteiger partial charge in [-0.2, -0.15) is 13.2 Å². The highest BCUT2D eigenvalue weighted by Crippen LogP contribution is 2.21. The zero-order chi connectivity index (χ0) is 9.19. The number of likely N-dealkylation sites (tertiary alicyclic amines) is 1. The Morgan fingerprint density at radius 1 is 1.08 bits per heavy atom. The highest BCUT2D eigenvalue weighted by atomic mass is 19.4. The van der Waals surface area contributed by atoms with E-state index in [1.807, 2.05) is 0 Å². The Hall–Kier alpha value is -0.740. The summed E-state index contributed by atoms with van der Waals surface area (Å²) in [7, 11) is 0. The van der Waals surface area contributed by atoms with Crippen LogP contribution in [0.3, 0.4) is 0 Å². The highest BCUT2D eigenvalue weighted by molar-refractivity contribution is 5.84. The van der Waals surface area contributed by atoms with Crippen LogP contribution in [0.25, 0.3) is 0 Å². The molecule has 1 heterocycles. The van der Waals surface area contributed by atoms with Gasteiger partial charge in [0.25, 0.3) is 0 Å². The lowest BCUT2D eigenvalue weighted by Crippen LogP contribution is -2.43. The summed E-state index contributed by atoms with van der Waals surface area (Å²) in [6.07, 6.45) is -1.98. The van der Waals surface area contributed by atoms with Gasteiger partial charge in [0.2, 0.25) is 5.84 Å². The second-order valence-electron chi connectivity index (χ2n) is 2.89. The summed E-state index contributed by atoms with van der Waals surface area (Å²) in [6, 6.07) is 0. The predicted molar refractivity (Wildman–Crippen MR) is 39.2 cm³/mol. The van der Waals surface area contributed by atoms with E-state index in [4.69, 9.17) is 5.41 Å². The van der Waals surface area contributed by atoms with E-state index in [1.165, 1.54) is 0 Å². The van der Waals surface area contributed by atoms with Gasteiger partial charge in [0.1, 0.15) is 0 Å². The van der Waals surface area contributed by atoms with Crippen LogP contribution in [0.2, 0.25) is 0 Å². The third kappa shape index (κ3) is 2.12. The first-order valence-corrected chi connectivity index (χ1v) is 3.92. The van der Waals surface area contributed by atoms with Crippen molar-refractivity contribution in [2.75, 3.05) is 13.1 Å². The minimum absolute atomic E-state index is 0.373. The second-order valence-corrected chi connectivity index (χ2v) is 2.89. The third-order valence-corrected chi connectivity index (χ3v) is 1.94. The molecule has 0 atom stereocenters. The minimum atomic E-state index is -4.47. The Bertz CT molecular complexity index is 170. The summed E-state index contributed by atoms with van der Waals surface area (Å²) in [5.74, 6) is -1.19. The van der Waals surface area contributed by atoms with Crippen molar-refractivity contribution in [3.63, 3.8) is 0 Å². The second kappa shape index (κ2) is 3.33. The highest BCUT2D eigenvalue weighted by Gasteiger charge is 2.38. The fourth-order valence-electron chi connectivity index (χ4n) is 1.30. The first-order chi connectivity index (χ1) is 5.52. The van der Waals surface area contributed by atoms with Crippen LogP contribution >= 0.6 is 0 Å². The van der Waals surface area contributed by atoms with Crippen molar-refractivity contribution in [2.45, 2.75) is 25.4 Å². The maximum atomic E-state index is 12.0. The van der Waals surface area contributed by atoms with Crippen LogP contribution in [0.15, 0.2) is 0 Å². The number of hydrogen-bond donors (Lipinski definition) is 1. The number of nitrogens with zero attached hydrogens (tertiary/aromatic N) is 1. The maximum absolute atomic E-state index is 12.0. The average molecular weight is 180 g/mol. The summed E-state index contributed by atoms with van der Waals surface area (Å²) in [6.45, 7) is 0.747. The molecule has 0 radical (unpaired) electrons. The van der Waals surface area contributed by atoms with E-state index >= 15 is 0 Å². The number of amidine groups is 1. The summed E-state index contributed by atoms with van der Waals surface area (Å²) in [4.78, 5) is 1.10. The van der Waals surface area contributed by atoms with Crippen LogP contribution in [0, 0.1) is 5.41 Å². The molecule has 0 aliphatic carbocycles. The lowest BCUT2D eigenvalue weighted by Gasteiger charge is -2.29. The van der Waals surface area contributed by atoms with Crippen molar-refractivity contribution in [1.82, 2.24) is 4.90 Å². The van der Waals surface area contributed by atoms with Gasteiger partial charge in [-0.25, -0.2) is 0 Å². The number of hydrogen-bond acceptors (Lipinski definition) is 1. The van der Waals surface area contributed by atoms with Crippen LogP contribution in [-0.2, 0) is 0 Å². The van der Waals surface area contributed by atoms with Crippen LogP contribution in [0.4, 0.5) is 13.2 Å². The summed E-state index contributed by atoms with van der Waals surface area (Å²) >= 11 is 0. The van der Waals surface area contributed by atoms with Crippen molar-refractivity contribution in [2.24, 2.45) is 0 Å². The molecular weight excluding hydrogens is 169 g/mol. The van der Waals surface area contributed by atoms with Crippen molar-refractivity contribution < 1.29 is 13.2 Å². The first kappa shape index (κ1) is 9.35. The molecule has 0 aromatic heterocycles. The van der Waals surface area contributed by atoms with E-state index in [-0.39, 0.29) is 0 Å². The molecule has 2 nitrogen and oxygen atoms in total. The molecule has 1 saturated heterocycles. The molecule has 0 aromatic carbocycles. The lowest BCUT2D eigenvalue weighted by molar-refractivity contribution is -0.0705. The molecular formula is C7H11F3N2. The molecule has 1 aliphatic heterocycles. The summed E-state index contributed by atoms with van der Waals surface area (Å²) in [5.41, 5.74) is 0. The number of halogens is 3. The fourth-order valence-corrected chi connectivity index (χ4v) is 1.30. The molecule has 1 fully saturated rings. The summed E-state index contributed by atoms with van der Waals surface area (Å²) in [5, 5.41) is 6.84. The first-order valence-electron chi connectivity index (χ1n) is 3.92. The molecule has 0 unspecified atom stereocenters. The van der Waals surface area contributed by atoms with Gasteiger partial charge in [-0.05, 0) is 19.3 Å². The molecule has 0 saturated carbocycles. The monoisotopic (exact) mass is 180 g/mol. The maximum Gasteiger partial charge on any atom is 0.448 e. The minimum Gasteiger partial charge on any atom is -0.353 e. The molecule has 0 bridgehead atoms. The van der Waals surface area contributed by atoms with Crippen LogP contribution in [-0.4, -0.2) is 30.0 Å². The topological polar surface area (TPSA) is 27.1 Å². The van der Waals surface area contributed by atoms with Gasteiger partial charge >= 0.3 is 6.18 Å². The van der Waals surface area contributed by atoms with Crippen molar-refractivity contribution in [3.8, 4) is 0 Å². The van der Waals surface area contributed by atoms with Gasteiger partial charge in [-0.1, -0.05) is 0 Å². The van der Waals surface area contributed by atoms with Gasteiger partial charge < -0.3 is 4.90 Å². The standard InChI is InChI=1S/C7H11F3N2/c8-7(9,10)6(11)12-4-2-1-3-5-12/h11H,1-5H2. The van der Waals surface area contributed by atoms with Gasteiger partial charge in [0.15, 0.2) is 0 Å². The Morgan fingerprint density at radius 3 is 2.00 bits per heavy atom. The molecule has 1 aliphatic rings. The molecule has 5 heteroatoms. The van der Waals surface area contributed by atoms with Gasteiger partial charge in [-0.15, -0.1) is 0 Å². The Morgan fingerprint density at radius 2 is 1.58 bits per heavy atom. The molecule has 0 spiro atoms. The number of nitrogens with one attached hydrogen (secondary N) is 1. The van der Waals surface area contributed by atoms with Gasteiger partial charge in [0, 0.05) is 13.1 Å². The zero-order valence-corrected chi connectivity index (χ0v) is 6.62. The smallest absolute Gasteiger partial charge is 0.353 e. The lowest BCUT2D eigenvalue weighted by atomic mass is 10.1. The summed E-state index contributed by atoms with van der Waals surface area (Å²) < 4.78 is 35.9. The number of alkyl halides is 3. The average Bonchev–Trinajstić information content (AvgIpc) is 2.03. The zero-order valence-electron chi connectivity index (χ0n) is 6.62. The van der Waals surface area contributed by atoms with E-state index in [0.29, 0.717) is 13.1 Å². The molecule has 0 aromatic rings. The molecule has 1 rings (SSSR count). The molecule has 12 heavy (non-hydrogen) atoms. The Kier molecular flexibility index (Phi) is 2.59. The normalized spacial score (nSPS) is 19.4. The van der Waals surface area contributed by atoms with Crippen molar-refractivity contribution in [3.05, 3.63) is 0 Å². The van der Waals surface area contributed by atoms with Crippen LogP contribution in [0.1, 0.15) is 19.3 Å². The van der Waals surface area contributed by atoms with E-state index in [0.717, 1.165) is 24.2 Å². The SMILES string of the molecule is N=C(N1CCCCC1)C(F)(F)F. The van der Waals surface area contributed by atoms with Crippen LogP contribution in [0.5, 0.6) is 0 Å². The van der Waals surface area contributed by atoms with E-state index < -0.39 is 12.0 Å². The molecule has 0 amide bonds. The predicted octanol–water partition coefficient (Wildman–Crippen LogP) is 2.01. The van der Waals surface area contributed by atoms with Crippen LogP contribution < -0.4 is 0 Å². The number of rotatable bonds is 0. The third-order valence-electron chi connectivity index (χ3n) is 1.94. The van der Waals surface area contributed by atoms with Gasteiger partial charge in [0.05, 0.1) is 0 Å². The Balaban J connectivity index is 2.51.